The molecule has 1 unspecified atom stereocenters. The topological polar surface area (TPSA) is 37.8 Å². The van der Waals surface area contributed by atoms with Gasteiger partial charge in [-0.05, 0) is 60.3 Å². The van der Waals surface area contributed by atoms with Gasteiger partial charge in [-0.1, -0.05) is 6.92 Å². The predicted molar refractivity (Wildman–Crippen MR) is 87.0 cm³/mol. The van der Waals surface area contributed by atoms with Crippen molar-refractivity contribution in [2.75, 3.05) is 6.54 Å². The van der Waals surface area contributed by atoms with Gasteiger partial charge in [0.15, 0.2) is 0 Å². The Morgan fingerprint density at radius 3 is 3.20 bits per heavy atom. The monoisotopic (exact) mass is 351 g/mol. The van der Waals surface area contributed by atoms with Crippen LogP contribution in [-0.2, 0) is 6.42 Å². The molecular weight excluding hydrogens is 334 g/mol. The Labute approximate surface area is 132 Å². The summed E-state index contributed by atoms with van der Waals surface area (Å²) < 4.78 is 1.02. The molecule has 106 valence electrons. The SMILES string of the molecule is CCCNC1CCCc2nc(-c3ncccc3Br)sc21. The van der Waals surface area contributed by atoms with Gasteiger partial charge in [0.2, 0.25) is 0 Å². The van der Waals surface area contributed by atoms with Crippen LogP contribution in [0.2, 0.25) is 0 Å². The molecule has 0 radical (unpaired) electrons. The highest BCUT2D eigenvalue weighted by molar-refractivity contribution is 9.10. The number of halogens is 1. The largest absolute Gasteiger partial charge is 0.309 e. The summed E-state index contributed by atoms with van der Waals surface area (Å²) >= 11 is 5.37. The van der Waals surface area contributed by atoms with Crippen LogP contribution >= 0.6 is 27.3 Å². The number of hydrogen-bond acceptors (Lipinski definition) is 4. The Kier molecular flexibility index (Phi) is 4.48. The summed E-state index contributed by atoms with van der Waals surface area (Å²) in [5, 5.41) is 4.68. The normalized spacial score (nSPS) is 18.0. The van der Waals surface area contributed by atoms with Crippen LogP contribution in [0, 0.1) is 0 Å². The molecule has 0 bridgehead atoms. The smallest absolute Gasteiger partial charge is 0.143 e. The summed E-state index contributed by atoms with van der Waals surface area (Å²) in [7, 11) is 0. The van der Waals surface area contributed by atoms with E-state index in [0.717, 1.165) is 28.1 Å². The second kappa shape index (κ2) is 6.33. The van der Waals surface area contributed by atoms with Gasteiger partial charge in [-0.15, -0.1) is 11.3 Å². The van der Waals surface area contributed by atoms with Gasteiger partial charge in [-0.25, -0.2) is 4.98 Å². The Balaban J connectivity index is 1.93. The highest BCUT2D eigenvalue weighted by Crippen LogP contribution is 2.38. The first-order chi connectivity index (χ1) is 9.79. The van der Waals surface area contributed by atoms with Crippen LogP contribution in [0.25, 0.3) is 10.7 Å². The van der Waals surface area contributed by atoms with E-state index in [2.05, 4.69) is 33.2 Å². The van der Waals surface area contributed by atoms with Crippen LogP contribution in [0.5, 0.6) is 0 Å². The van der Waals surface area contributed by atoms with Crippen LogP contribution < -0.4 is 5.32 Å². The second-order valence-corrected chi connectivity index (χ2v) is 6.95. The van der Waals surface area contributed by atoms with E-state index in [9.17, 15) is 0 Å². The third kappa shape index (κ3) is 2.80. The quantitative estimate of drug-likeness (QED) is 0.889. The summed E-state index contributed by atoms with van der Waals surface area (Å²) in [5.74, 6) is 0. The first-order valence-corrected chi connectivity index (χ1v) is 8.74. The van der Waals surface area contributed by atoms with Gasteiger partial charge < -0.3 is 5.32 Å². The van der Waals surface area contributed by atoms with Crippen molar-refractivity contribution in [3.8, 4) is 10.7 Å². The van der Waals surface area contributed by atoms with E-state index in [4.69, 9.17) is 4.98 Å². The lowest BCUT2D eigenvalue weighted by molar-refractivity contribution is 0.465. The van der Waals surface area contributed by atoms with E-state index in [0.29, 0.717) is 6.04 Å². The van der Waals surface area contributed by atoms with Crippen molar-refractivity contribution in [2.24, 2.45) is 0 Å². The standard InChI is InChI=1S/C15H18BrN3S/c1-2-8-17-11-6-3-7-12-14(11)20-15(19-12)13-10(16)5-4-9-18-13/h4-5,9,11,17H,2-3,6-8H2,1H3. The molecule has 1 aliphatic rings. The number of nitrogens with one attached hydrogen (secondary N) is 1. The number of pyridine rings is 1. The fourth-order valence-corrected chi connectivity index (χ4v) is 4.38. The van der Waals surface area contributed by atoms with Crippen molar-refractivity contribution >= 4 is 27.3 Å². The van der Waals surface area contributed by atoms with Gasteiger partial charge in [0.05, 0.1) is 5.69 Å². The minimum absolute atomic E-state index is 0.479. The number of aryl methyl sites for hydroxylation is 1. The molecule has 2 aromatic heterocycles. The first-order valence-electron chi connectivity index (χ1n) is 7.13. The molecular formula is C15H18BrN3S. The Morgan fingerprint density at radius 2 is 2.40 bits per heavy atom. The third-order valence-electron chi connectivity index (χ3n) is 3.55. The highest BCUT2D eigenvalue weighted by atomic mass is 79.9. The summed E-state index contributed by atoms with van der Waals surface area (Å²) in [6.07, 6.45) is 6.54. The maximum atomic E-state index is 4.83. The van der Waals surface area contributed by atoms with E-state index >= 15 is 0 Å². The number of nitrogens with zero attached hydrogens (tertiary/aromatic N) is 2. The molecule has 2 aromatic rings. The highest BCUT2D eigenvalue weighted by Gasteiger charge is 2.25. The molecule has 0 aromatic carbocycles. The van der Waals surface area contributed by atoms with E-state index in [1.54, 1.807) is 11.3 Å². The van der Waals surface area contributed by atoms with Crippen LogP contribution in [0.4, 0.5) is 0 Å². The van der Waals surface area contributed by atoms with Crippen molar-refractivity contribution < 1.29 is 0 Å². The average molecular weight is 352 g/mol. The molecule has 3 rings (SSSR count). The third-order valence-corrected chi connectivity index (χ3v) is 5.41. The van der Waals surface area contributed by atoms with E-state index in [-0.39, 0.29) is 0 Å². The lowest BCUT2D eigenvalue weighted by atomic mass is 9.98. The van der Waals surface area contributed by atoms with E-state index < -0.39 is 0 Å². The number of hydrogen-bond donors (Lipinski definition) is 1. The number of rotatable bonds is 4. The zero-order chi connectivity index (χ0) is 13.9. The average Bonchev–Trinajstić information content (AvgIpc) is 2.89. The van der Waals surface area contributed by atoms with Gasteiger partial charge in [-0.3, -0.25) is 4.98 Å². The van der Waals surface area contributed by atoms with Gasteiger partial charge in [0.1, 0.15) is 10.7 Å². The maximum absolute atomic E-state index is 4.83. The van der Waals surface area contributed by atoms with Crippen LogP contribution in [0.1, 0.15) is 42.8 Å². The fraction of sp³-hybridized carbons (Fsp3) is 0.467. The fourth-order valence-electron chi connectivity index (χ4n) is 2.58. The lowest BCUT2D eigenvalue weighted by Gasteiger charge is -2.22. The summed E-state index contributed by atoms with van der Waals surface area (Å²) in [5.41, 5.74) is 2.23. The van der Waals surface area contributed by atoms with Crippen molar-refractivity contribution in [3.63, 3.8) is 0 Å². The molecule has 0 fully saturated rings. The van der Waals surface area contributed by atoms with Crippen LogP contribution in [0.3, 0.4) is 0 Å². The molecule has 1 aliphatic carbocycles. The molecule has 5 heteroatoms. The second-order valence-electron chi connectivity index (χ2n) is 5.06. The molecule has 0 aliphatic heterocycles. The minimum Gasteiger partial charge on any atom is -0.309 e. The zero-order valence-corrected chi connectivity index (χ0v) is 13.9. The molecule has 0 saturated carbocycles. The van der Waals surface area contributed by atoms with Crippen LogP contribution in [-0.4, -0.2) is 16.5 Å². The Morgan fingerprint density at radius 1 is 1.50 bits per heavy atom. The molecule has 2 heterocycles. The molecule has 20 heavy (non-hydrogen) atoms. The molecule has 1 N–H and O–H groups in total. The molecule has 0 spiro atoms. The van der Waals surface area contributed by atoms with Crippen molar-refractivity contribution in [1.29, 1.82) is 0 Å². The molecule has 1 atom stereocenters. The summed E-state index contributed by atoms with van der Waals surface area (Å²) in [6, 6.07) is 4.44. The van der Waals surface area contributed by atoms with Gasteiger partial charge >= 0.3 is 0 Å². The van der Waals surface area contributed by atoms with Gasteiger partial charge in [0, 0.05) is 21.6 Å². The summed E-state index contributed by atoms with van der Waals surface area (Å²) in [6.45, 7) is 3.28. The van der Waals surface area contributed by atoms with E-state index in [1.807, 2.05) is 18.3 Å². The maximum Gasteiger partial charge on any atom is 0.143 e. The molecule has 0 amide bonds. The Hall–Kier alpha value is -0.780. The molecule has 0 saturated heterocycles. The van der Waals surface area contributed by atoms with Crippen molar-refractivity contribution in [3.05, 3.63) is 33.4 Å². The number of fused-ring (bicyclic) bond motifs is 1. The predicted octanol–water partition coefficient (Wildman–Crippen LogP) is 4.34. The van der Waals surface area contributed by atoms with E-state index in [1.165, 1.54) is 29.8 Å². The zero-order valence-electron chi connectivity index (χ0n) is 11.5. The van der Waals surface area contributed by atoms with Crippen molar-refractivity contribution in [2.45, 2.75) is 38.6 Å². The van der Waals surface area contributed by atoms with Gasteiger partial charge in [-0.2, -0.15) is 0 Å². The van der Waals surface area contributed by atoms with Crippen LogP contribution in [0.15, 0.2) is 22.8 Å². The van der Waals surface area contributed by atoms with Gasteiger partial charge in [0.25, 0.3) is 0 Å². The number of aromatic nitrogens is 2. The summed E-state index contributed by atoms with van der Waals surface area (Å²) in [4.78, 5) is 10.7. The number of thiazole rings is 1. The first kappa shape index (κ1) is 14.2. The minimum atomic E-state index is 0.479. The molecule has 3 nitrogen and oxygen atoms in total. The van der Waals surface area contributed by atoms with Crippen molar-refractivity contribution in [1.82, 2.24) is 15.3 Å². The Bertz CT molecular complexity index is 597. The lowest BCUT2D eigenvalue weighted by Crippen LogP contribution is -2.24.